The second-order valence-corrected chi connectivity index (χ2v) is 6.28. The maximum atomic E-state index is 12.3. The molecule has 5 heteroatoms. The molecule has 1 atom stereocenters. The lowest BCUT2D eigenvalue weighted by atomic mass is 9.90. The maximum Gasteiger partial charge on any atom is 0.230 e. The Balaban J connectivity index is 0.00000220. The van der Waals surface area contributed by atoms with Crippen LogP contribution in [0.2, 0.25) is 0 Å². The third-order valence-electron chi connectivity index (χ3n) is 3.42. The number of nitrogens with one attached hydrogen (secondary N) is 1. The third-order valence-corrected chi connectivity index (χ3v) is 4.61. The van der Waals surface area contributed by atoms with Gasteiger partial charge in [-0.2, -0.15) is 0 Å². The van der Waals surface area contributed by atoms with Crippen LogP contribution in [0.15, 0.2) is 47.8 Å². The number of hydrogen-bond acceptors (Lipinski definition) is 3. The van der Waals surface area contributed by atoms with Gasteiger partial charge in [-0.25, -0.2) is 0 Å². The average Bonchev–Trinajstić information content (AvgIpc) is 3.00. The molecule has 1 heterocycles. The number of benzene rings is 1. The van der Waals surface area contributed by atoms with E-state index < -0.39 is 5.41 Å². The van der Waals surface area contributed by atoms with Gasteiger partial charge in [-0.1, -0.05) is 36.4 Å². The second-order valence-electron chi connectivity index (χ2n) is 5.33. The third kappa shape index (κ3) is 4.30. The molecule has 0 aliphatic heterocycles. The highest BCUT2D eigenvalue weighted by Crippen LogP contribution is 2.27. The minimum Gasteiger partial charge on any atom is -0.353 e. The molecule has 0 spiro atoms. The predicted octanol–water partition coefficient (Wildman–Crippen LogP) is 3.26. The zero-order valence-corrected chi connectivity index (χ0v) is 13.8. The summed E-state index contributed by atoms with van der Waals surface area (Å²) in [6, 6.07) is 13.6. The van der Waals surface area contributed by atoms with Crippen molar-refractivity contribution in [1.29, 1.82) is 0 Å². The molecule has 0 aliphatic rings. The van der Waals surface area contributed by atoms with Crippen molar-refractivity contribution in [3.8, 4) is 0 Å². The van der Waals surface area contributed by atoms with Gasteiger partial charge in [-0.05, 0) is 30.9 Å². The van der Waals surface area contributed by atoms with Gasteiger partial charge in [-0.15, -0.1) is 23.7 Å². The van der Waals surface area contributed by atoms with Crippen LogP contribution in [0, 0.1) is 0 Å². The number of nitrogens with two attached hydrogens (primary N) is 1. The summed E-state index contributed by atoms with van der Waals surface area (Å²) >= 11 is 1.60. The van der Waals surface area contributed by atoms with Crippen LogP contribution in [-0.4, -0.2) is 12.5 Å². The molecule has 1 aromatic heterocycles. The maximum absolute atomic E-state index is 12.3. The summed E-state index contributed by atoms with van der Waals surface area (Å²) in [5, 5.41) is 4.94. The van der Waals surface area contributed by atoms with Gasteiger partial charge in [0, 0.05) is 17.5 Å². The van der Waals surface area contributed by atoms with Gasteiger partial charge in [0.2, 0.25) is 5.91 Å². The zero-order chi connectivity index (χ0) is 14.6. The molecule has 1 unspecified atom stereocenters. The monoisotopic (exact) mass is 324 g/mol. The van der Waals surface area contributed by atoms with Crippen molar-refractivity contribution >= 4 is 29.7 Å². The van der Waals surface area contributed by atoms with Crippen molar-refractivity contribution in [3.05, 3.63) is 58.3 Å². The number of thiophene rings is 1. The highest BCUT2D eigenvalue weighted by atomic mass is 35.5. The molecular formula is C16H21ClN2OS. The molecule has 114 valence electrons. The summed E-state index contributed by atoms with van der Waals surface area (Å²) in [5.41, 5.74) is 6.60. The van der Waals surface area contributed by atoms with Crippen LogP contribution in [-0.2, 0) is 10.2 Å². The van der Waals surface area contributed by atoms with Crippen LogP contribution >= 0.6 is 23.7 Å². The number of amides is 1. The molecule has 1 amide bonds. The largest absolute Gasteiger partial charge is 0.353 e. The molecule has 3 nitrogen and oxygen atoms in total. The Kier molecular flexibility index (Phi) is 6.40. The van der Waals surface area contributed by atoms with Crippen LogP contribution in [0.4, 0.5) is 0 Å². The molecule has 0 fully saturated rings. The molecule has 0 bridgehead atoms. The SMILES string of the molecule is CC(C)(C(=O)NCC(N)c1ccccc1)c1cccs1.Cl. The summed E-state index contributed by atoms with van der Waals surface area (Å²) in [4.78, 5) is 13.4. The van der Waals surface area contributed by atoms with Gasteiger partial charge in [0.05, 0.1) is 5.41 Å². The summed E-state index contributed by atoms with van der Waals surface area (Å²) < 4.78 is 0. The first kappa shape index (κ1) is 17.7. The van der Waals surface area contributed by atoms with E-state index in [-0.39, 0.29) is 24.4 Å². The van der Waals surface area contributed by atoms with Crippen molar-refractivity contribution in [2.45, 2.75) is 25.3 Å². The molecule has 2 aromatic rings. The summed E-state index contributed by atoms with van der Waals surface area (Å²) in [7, 11) is 0. The van der Waals surface area contributed by atoms with Crippen LogP contribution in [0.5, 0.6) is 0 Å². The van der Waals surface area contributed by atoms with Gasteiger partial charge >= 0.3 is 0 Å². The van der Waals surface area contributed by atoms with Crippen molar-refractivity contribution < 1.29 is 4.79 Å². The molecule has 0 aliphatic carbocycles. The Morgan fingerprint density at radius 3 is 2.48 bits per heavy atom. The van der Waals surface area contributed by atoms with Gasteiger partial charge in [0.1, 0.15) is 0 Å². The lowest BCUT2D eigenvalue weighted by molar-refractivity contribution is -0.125. The molecule has 0 saturated carbocycles. The fourth-order valence-corrected chi connectivity index (χ4v) is 2.84. The van der Waals surface area contributed by atoms with Crippen molar-refractivity contribution in [1.82, 2.24) is 5.32 Å². The molecular weight excluding hydrogens is 304 g/mol. The minimum absolute atomic E-state index is 0. The Morgan fingerprint density at radius 2 is 1.90 bits per heavy atom. The zero-order valence-electron chi connectivity index (χ0n) is 12.2. The van der Waals surface area contributed by atoms with E-state index in [1.807, 2.05) is 61.7 Å². The van der Waals surface area contributed by atoms with E-state index in [1.165, 1.54) is 0 Å². The Bertz CT molecular complexity index is 555. The Labute approximate surface area is 136 Å². The van der Waals surface area contributed by atoms with Crippen molar-refractivity contribution in [3.63, 3.8) is 0 Å². The quantitative estimate of drug-likeness (QED) is 0.887. The standard InChI is InChI=1S/C16H20N2OS.ClH/c1-16(2,14-9-6-10-20-14)15(19)18-11-13(17)12-7-4-3-5-8-12;/h3-10,13H,11,17H2,1-2H3,(H,18,19);1H. The Hall–Kier alpha value is -1.36. The average molecular weight is 325 g/mol. The van der Waals surface area contributed by atoms with Crippen LogP contribution in [0.1, 0.15) is 30.3 Å². The second kappa shape index (κ2) is 7.59. The molecule has 3 N–H and O–H groups in total. The van der Waals surface area contributed by atoms with E-state index in [1.54, 1.807) is 11.3 Å². The highest BCUT2D eigenvalue weighted by Gasteiger charge is 2.30. The van der Waals surface area contributed by atoms with Crippen LogP contribution < -0.4 is 11.1 Å². The van der Waals surface area contributed by atoms with Gasteiger partial charge in [0.25, 0.3) is 0 Å². The van der Waals surface area contributed by atoms with Gasteiger partial charge in [0.15, 0.2) is 0 Å². The molecule has 21 heavy (non-hydrogen) atoms. The number of rotatable bonds is 5. The van der Waals surface area contributed by atoms with E-state index in [0.29, 0.717) is 6.54 Å². The van der Waals surface area contributed by atoms with E-state index in [9.17, 15) is 4.79 Å². The fraction of sp³-hybridized carbons (Fsp3) is 0.312. The topological polar surface area (TPSA) is 55.1 Å². The van der Waals surface area contributed by atoms with Gasteiger partial charge < -0.3 is 11.1 Å². The van der Waals surface area contributed by atoms with Crippen molar-refractivity contribution in [2.24, 2.45) is 5.73 Å². The first-order valence-electron chi connectivity index (χ1n) is 6.64. The molecule has 0 radical (unpaired) electrons. The number of carbonyl (C=O) groups is 1. The minimum atomic E-state index is -0.523. The van der Waals surface area contributed by atoms with E-state index in [4.69, 9.17) is 5.73 Å². The normalized spacial score (nSPS) is 12.3. The molecule has 0 saturated heterocycles. The first-order valence-corrected chi connectivity index (χ1v) is 7.52. The number of carbonyl (C=O) groups excluding carboxylic acids is 1. The lowest BCUT2D eigenvalue weighted by Crippen LogP contribution is -2.42. The van der Waals surface area contributed by atoms with Gasteiger partial charge in [-0.3, -0.25) is 4.79 Å². The van der Waals surface area contributed by atoms with E-state index >= 15 is 0 Å². The smallest absolute Gasteiger partial charge is 0.230 e. The lowest BCUT2D eigenvalue weighted by Gasteiger charge is -2.23. The number of halogens is 1. The molecule has 1 aromatic carbocycles. The van der Waals surface area contributed by atoms with Crippen molar-refractivity contribution in [2.75, 3.05) is 6.54 Å². The first-order chi connectivity index (χ1) is 9.51. The van der Waals surface area contributed by atoms with E-state index in [0.717, 1.165) is 10.4 Å². The number of hydrogen-bond donors (Lipinski definition) is 2. The Morgan fingerprint density at radius 1 is 1.24 bits per heavy atom. The fourth-order valence-electron chi connectivity index (χ4n) is 1.99. The highest BCUT2D eigenvalue weighted by molar-refractivity contribution is 7.10. The van der Waals surface area contributed by atoms with E-state index in [2.05, 4.69) is 5.32 Å². The summed E-state index contributed by atoms with van der Waals surface area (Å²) in [6.07, 6.45) is 0. The van der Waals surface area contributed by atoms with Crippen LogP contribution in [0.25, 0.3) is 0 Å². The van der Waals surface area contributed by atoms with Crippen LogP contribution in [0.3, 0.4) is 0 Å². The summed E-state index contributed by atoms with van der Waals surface area (Å²) in [5.74, 6) is 0.00586. The summed E-state index contributed by atoms with van der Waals surface area (Å²) in [6.45, 7) is 4.31. The molecule has 2 rings (SSSR count). The predicted molar refractivity (Wildman–Crippen MR) is 91.0 cm³/mol.